The minimum Gasteiger partial charge on any atom is -0.507 e. The lowest BCUT2D eigenvalue weighted by molar-refractivity contribution is 0.0998. The van der Waals surface area contributed by atoms with Crippen molar-refractivity contribution in [3.8, 4) is 5.75 Å². The van der Waals surface area contributed by atoms with Crippen molar-refractivity contribution in [2.75, 3.05) is 0 Å². The van der Waals surface area contributed by atoms with Crippen LogP contribution >= 0.6 is 0 Å². The van der Waals surface area contributed by atoms with E-state index in [0.717, 1.165) is 11.1 Å². The molecule has 0 atom stereocenters. The molecule has 1 amide bonds. The predicted molar refractivity (Wildman–Crippen MR) is 64.8 cm³/mol. The van der Waals surface area contributed by atoms with Crippen LogP contribution in [0.25, 0.3) is 0 Å². The number of nitrogens with two attached hydrogens (primary N) is 1. The van der Waals surface area contributed by atoms with E-state index in [1.165, 1.54) is 0 Å². The van der Waals surface area contributed by atoms with Crippen LogP contribution in [-0.4, -0.2) is 11.0 Å². The van der Waals surface area contributed by atoms with Crippen molar-refractivity contribution >= 4 is 5.91 Å². The number of hydrogen-bond acceptors (Lipinski definition) is 2. The van der Waals surface area contributed by atoms with Gasteiger partial charge >= 0.3 is 0 Å². The molecule has 0 aromatic heterocycles. The Hall–Kier alpha value is -1.51. The van der Waals surface area contributed by atoms with E-state index in [0.29, 0.717) is 11.1 Å². The molecule has 1 aromatic rings. The maximum Gasteiger partial charge on any atom is 0.249 e. The molecule has 1 rings (SSSR count). The summed E-state index contributed by atoms with van der Waals surface area (Å²) in [7, 11) is 0. The van der Waals surface area contributed by atoms with Gasteiger partial charge in [0, 0.05) is 11.1 Å². The summed E-state index contributed by atoms with van der Waals surface area (Å²) in [5.41, 5.74) is 7.78. The van der Waals surface area contributed by atoms with E-state index >= 15 is 0 Å². The lowest BCUT2D eigenvalue weighted by Crippen LogP contribution is -2.18. The molecule has 0 heterocycles. The van der Waals surface area contributed by atoms with E-state index in [9.17, 15) is 9.90 Å². The van der Waals surface area contributed by atoms with E-state index in [-0.39, 0.29) is 11.2 Å². The molecule has 0 spiro atoms. The summed E-state index contributed by atoms with van der Waals surface area (Å²) < 4.78 is 0. The maximum absolute atomic E-state index is 11.3. The van der Waals surface area contributed by atoms with Crippen molar-refractivity contribution in [3.05, 3.63) is 28.3 Å². The molecule has 3 nitrogen and oxygen atoms in total. The molecule has 3 heteroatoms. The molecule has 0 aliphatic carbocycles. The van der Waals surface area contributed by atoms with Gasteiger partial charge in [-0.3, -0.25) is 4.79 Å². The predicted octanol–water partition coefficient (Wildman–Crippen LogP) is 2.41. The lowest BCUT2D eigenvalue weighted by Gasteiger charge is -2.23. The molecule has 0 fully saturated rings. The summed E-state index contributed by atoms with van der Waals surface area (Å²) in [6, 6.07) is 1.84. The Morgan fingerprint density at radius 2 is 1.81 bits per heavy atom. The molecule has 0 saturated carbocycles. The molecule has 16 heavy (non-hydrogen) atoms. The Kier molecular flexibility index (Phi) is 2.99. The fraction of sp³-hybridized carbons (Fsp3) is 0.462. The maximum atomic E-state index is 11.3. The number of rotatable bonds is 1. The van der Waals surface area contributed by atoms with Crippen molar-refractivity contribution in [2.45, 2.75) is 40.0 Å². The van der Waals surface area contributed by atoms with Crippen LogP contribution in [0.5, 0.6) is 5.75 Å². The number of primary amides is 1. The summed E-state index contributed by atoms with van der Waals surface area (Å²) in [6.07, 6.45) is 0. The molecule has 88 valence electrons. The number of phenols is 1. The summed E-state index contributed by atoms with van der Waals surface area (Å²) in [6.45, 7) is 9.61. The normalized spacial score (nSPS) is 11.6. The first-order valence-corrected chi connectivity index (χ1v) is 5.29. The molecule has 0 bridgehead atoms. The molecule has 0 aliphatic heterocycles. The number of phenolic OH excluding ortho intramolecular Hbond substituents is 1. The zero-order valence-electron chi connectivity index (χ0n) is 10.5. The average molecular weight is 221 g/mol. The first kappa shape index (κ1) is 12.6. The zero-order valence-corrected chi connectivity index (χ0v) is 10.5. The number of hydrogen-bond donors (Lipinski definition) is 2. The average Bonchev–Trinajstić information content (AvgIpc) is 2.09. The highest BCUT2D eigenvalue weighted by molar-refractivity contribution is 5.96. The van der Waals surface area contributed by atoms with Gasteiger partial charge in [-0.05, 0) is 30.4 Å². The topological polar surface area (TPSA) is 63.3 Å². The van der Waals surface area contributed by atoms with Crippen molar-refractivity contribution in [1.29, 1.82) is 0 Å². The highest BCUT2D eigenvalue weighted by atomic mass is 16.3. The summed E-state index contributed by atoms with van der Waals surface area (Å²) in [5, 5.41) is 10.1. The van der Waals surface area contributed by atoms with Gasteiger partial charge in [0.05, 0.1) is 0 Å². The fourth-order valence-corrected chi connectivity index (χ4v) is 1.92. The van der Waals surface area contributed by atoms with Crippen molar-refractivity contribution in [2.24, 2.45) is 5.73 Å². The molecular formula is C13H19NO2. The molecule has 0 radical (unpaired) electrons. The van der Waals surface area contributed by atoms with Crippen LogP contribution in [0.15, 0.2) is 6.07 Å². The Morgan fingerprint density at radius 3 is 2.19 bits per heavy atom. The highest BCUT2D eigenvalue weighted by Gasteiger charge is 2.23. The third-order valence-electron chi connectivity index (χ3n) is 2.79. The fourth-order valence-electron chi connectivity index (χ4n) is 1.92. The van der Waals surface area contributed by atoms with Crippen molar-refractivity contribution in [1.82, 2.24) is 0 Å². The summed E-state index contributed by atoms with van der Waals surface area (Å²) >= 11 is 0. The summed E-state index contributed by atoms with van der Waals surface area (Å²) in [5.74, 6) is -0.322. The van der Waals surface area contributed by atoms with Gasteiger partial charge in [0.25, 0.3) is 0 Å². The first-order valence-electron chi connectivity index (χ1n) is 5.29. The van der Waals surface area contributed by atoms with Crippen LogP contribution in [0.2, 0.25) is 0 Å². The van der Waals surface area contributed by atoms with Gasteiger partial charge in [-0.15, -0.1) is 0 Å². The van der Waals surface area contributed by atoms with E-state index in [1.807, 2.05) is 33.8 Å². The van der Waals surface area contributed by atoms with E-state index in [1.54, 1.807) is 6.92 Å². The summed E-state index contributed by atoms with van der Waals surface area (Å²) in [4.78, 5) is 11.3. The highest BCUT2D eigenvalue weighted by Crippen LogP contribution is 2.36. The minimum absolute atomic E-state index is 0.157. The van der Waals surface area contributed by atoms with Crippen LogP contribution in [0.4, 0.5) is 0 Å². The quantitative estimate of drug-likeness (QED) is 0.764. The van der Waals surface area contributed by atoms with E-state index in [4.69, 9.17) is 5.73 Å². The van der Waals surface area contributed by atoms with E-state index in [2.05, 4.69) is 0 Å². The van der Waals surface area contributed by atoms with Gasteiger partial charge in [-0.2, -0.15) is 0 Å². The SMILES string of the molecule is Cc1cc(C(C)(C)C)c(O)c(C)c1C(N)=O. The second-order valence-corrected chi connectivity index (χ2v) is 5.20. The van der Waals surface area contributed by atoms with Gasteiger partial charge in [0.1, 0.15) is 5.75 Å². The monoisotopic (exact) mass is 221 g/mol. The van der Waals surface area contributed by atoms with Crippen LogP contribution in [-0.2, 0) is 5.41 Å². The van der Waals surface area contributed by atoms with Crippen LogP contribution in [0.1, 0.15) is 47.8 Å². The van der Waals surface area contributed by atoms with Gasteiger partial charge in [-0.1, -0.05) is 26.8 Å². The smallest absolute Gasteiger partial charge is 0.249 e. The Bertz CT molecular complexity index is 442. The molecule has 0 unspecified atom stereocenters. The number of benzene rings is 1. The number of amides is 1. The third-order valence-corrected chi connectivity index (χ3v) is 2.79. The molecule has 0 aliphatic rings. The first-order chi connectivity index (χ1) is 7.16. The Morgan fingerprint density at radius 1 is 1.31 bits per heavy atom. The van der Waals surface area contributed by atoms with Gasteiger partial charge in [0.15, 0.2) is 0 Å². The largest absolute Gasteiger partial charge is 0.507 e. The number of aryl methyl sites for hydroxylation is 1. The Balaban J connectivity index is 3.58. The third kappa shape index (κ3) is 2.03. The minimum atomic E-state index is -0.495. The molecule has 0 saturated heterocycles. The number of carbonyl (C=O) groups is 1. The Labute approximate surface area is 96.3 Å². The second-order valence-electron chi connectivity index (χ2n) is 5.20. The second kappa shape index (κ2) is 3.81. The van der Waals surface area contributed by atoms with Crippen LogP contribution in [0, 0.1) is 13.8 Å². The zero-order chi connectivity index (χ0) is 12.7. The van der Waals surface area contributed by atoms with Crippen LogP contribution < -0.4 is 5.73 Å². The van der Waals surface area contributed by atoms with Crippen LogP contribution in [0.3, 0.4) is 0 Å². The number of aromatic hydroxyl groups is 1. The van der Waals surface area contributed by atoms with E-state index < -0.39 is 5.91 Å². The van der Waals surface area contributed by atoms with Crippen molar-refractivity contribution in [3.63, 3.8) is 0 Å². The van der Waals surface area contributed by atoms with Gasteiger partial charge in [0.2, 0.25) is 5.91 Å². The van der Waals surface area contributed by atoms with Gasteiger partial charge in [-0.25, -0.2) is 0 Å². The molecule has 3 N–H and O–H groups in total. The molecule has 1 aromatic carbocycles. The number of carbonyl (C=O) groups excluding carboxylic acids is 1. The lowest BCUT2D eigenvalue weighted by atomic mass is 9.82. The standard InChI is InChI=1S/C13H19NO2/c1-7-6-9(13(3,4)5)11(15)8(2)10(7)12(14)16/h6,15H,1-5H3,(H2,14,16). The van der Waals surface area contributed by atoms with Crippen molar-refractivity contribution < 1.29 is 9.90 Å². The molecular weight excluding hydrogens is 202 g/mol. The van der Waals surface area contributed by atoms with Gasteiger partial charge < -0.3 is 10.8 Å².